The predicted octanol–water partition coefficient (Wildman–Crippen LogP) is 4.33. The average Bonchev–Trinajstić information content (AvgIpc) is 3.30. The lowest BCUT2D eigenvalue weighted by molar-refractivity contribution is 0.0747. The Balaban J connectivity index is 1.48. The summed E-state index contributed by atoms with van der Waals surface area (Å²) in [6.07, 6.45) is 3.56. The van der Waals surface area contributed by atoms with Gasteiger partial charge in [0.25, 0.3) is 5.91 Å². The van der Waals surface area contributed by atoms with Crippen molar-refractivity contribution in [3.8, 4) is 5.75 Å². The molecule has 4 nitrogen and oxygen atoms in total. The van der Waals surface area contributed by atoms with E-state index in [4.69, 9.17) is 4.74 Å². The Morgan fingerprint density at radius 1 is 1.07 bits per heavy atom. The lowest BCUT2D eigenvalue weighted by Crippen LogP contribution is -2.33. The van der Waals surface area contributed by atoms with E-state index >= 15 is 0 Å². The molecule has 27 heavy (non-hydrogen) atoms. The summed E-state index contributed by atoms with van der Waals surface area (Å²) >= 11 is 0. The van der Waals surface area contributed by atoms with E-state index in [1.54, 1.807) is 0 Å². The first-order chi connectivity index (χ1) is 13.0. The van der Waals surface area contributed by atoms with E-state index in [0.717, 1.165) is 61.0 Å². The molecule has 144 valence electrons. The summed E-state index contributed by atoms with van der Waals surface area (Å²) in [4.78, 5) is 17.2. The van der Waals surface area contributed by atoms with E-state index in [-0.39, 0.29) is 12.0 Å². The zero-order valence-corrected chi connectivity index (χ0v) is 16.6. The molecule has 2 aromatic rings. The number of rotatable bonds is 4. The van der Waals surface area contributed by atoms with Crippen LogP contribution in [-0.2, 0) is 0 Å². The van der Waals surface area contributed by atoms with Crippen molar-refractivity contribution in [2.45, 2.75) is 58.2 Å². The number of hydrogen-bond donors (Lipinski definition) is 0. The molecule has 0 aromatic heterocycles. The number of benzene rings is 2. The average molecular weight is 367 g/mol. The van der Waals surface area contributed by atoms with Crippen molar-refractivity contribution >= 4 is 16.7 Å². The molecule has 4 rings (SSSR count). The number of ether oxygens (including phenoxy) is 1. The van der Waals surface area contributed by atoms with Crippen LogP contribution in [0.5, 0.6) is 5.75 Å². The maximum atomic E-state index is 12.8. The third-order valence-corrected chi connectivity index (χ3v) is 6.08. The fourth-order valence-corrected chi connectivity index (χ4v) is 4.34. The Morgan fingerprint density at radius 2 is 1.85 bits per heavy atom. The number of fused-ring (bicyclic) bond motifs is 1. The van der Waals surface area contributed by atoms with Gasteiger partial charge in [0.2, 0.25) is 0 Å². The first-order valence-electron chi connectivity index (χ1n) is 10.3. The quantitative estimate of drug-likeness (QED) is 0.808. The van der Waals surface area contributed by atoms with Crippen LogP contribution in [0.4, 0.5) is 0 Å². The smallest absolute Gasteiger partial charge is 0.254 e. The molecule has 0 bridgehead atoms. The lowest BCUT2D eigenvalue weighted by atomic mass is 10.1. The van der Waals surface area contributed by atoms with Crippen molar-refractivity contribution in [3.05, 3.63) is 42.0 Å². The Kier molecular flexibility index (Phi) is 5.09. The van der Waals surface area contributed by atoms with Crippen molar-refractivity contribution in [1.82, 2.24) is 9.80 Å². The molecule has 4 heteroatoms. The van der Waals surface area contributed by atoms with Gasteiger partial charge in [-0.05, 0) is 75.1 Å². The second-order valence-corrected chi connectivity index (χ2v) is 8.33. The molecule has 2 heterocycles. The van der Waals surface area contributed by atoms with Crippen LogP contribution < -0.4 is 4.74 Å². The van der Waals surface area contributed by atoms with Crippen LogP contribution in [-0.4, -0.2) is 53.5 Å². The molecular formula is C23H30N2O2. The number of carbonyl (C=O) groups excluding carboxylic acids is 1. The van der Waals surface area contributed by atoms with Gasteiger partial charge in [-0.1, -0.05) is 12.1 Å². The Labute approximate surface area is 162 Å². The van der Waals surface area contributed by atoms with Crippen molar-refractivity contribution in [3.63, 3.8) is 0 Å². The molecule has 0 saturated carbocycles. The Hall–Kier alpha value is -2.07. The fraction of sp³-hybridized carbons (Fsp3) is 0.522. The van der Waals surface area contributed by atoms with E-state index in [1.807, 2.05) is 29.2 Å². The highest BCUT2D eigenvalue weighted by atomic mass is 16.5. The van der Waals surface area contributed by atoms with E-state index < -0.39 is 0 Å². The maximum Gasteiger partial charge on any atom is 0.254 e. The molecule has 2 aliphatic heterocycles. The molecule has 2 unspecified atom stereocenters. The number of likely N-dealkylation sites (tertiary alicyclic amines) is 2. The van der Waals surface area contributed by atoms with Crippen LogP contribution >= 0.6 is 0 Å². The van der Waals surface area contributed by atoms with E-state index in [1.165, 1.54) is 0 Å². The zero-order valence-electron chi connectivity index (χ0n) is 16.6. The SMILES string of the molecule is CC(C)N1CCC(Oc2ccc3cc(C(=O)N4CCCC4C)ccc3c2)C1. The maximum absolute atomic E-state index is 12.8. The van der Waals surface area contributed by atoms with Gasteiger partial charge in [-0.25, -0.2) is 0 Å². The standard InChI is InChI=1S/C23H30N2O2/c1-16(2)24-12-10-22(15-24)27-21-9-8-18-13-20(7-6-19(18)14-21)23(26)25-11-4-5-17(25)3/h6-9,13-14,16-17,22H,4-5,10-12,15H2,1-3H3. The van der Waals surface area contributed by atoms with Crippen LogP contribution in [0.1, 0.15) is 50.4 Å². The summed E-state index contributed by atoms with van der Waals surface area (Å²) in [7, 11) is 0. The zero-order chi connectivity index (χ0) is 19.0. The van der Waals surface area contributed by atoms with Gasteiger partial charge >= 0.3 is 0 Å². The van der Waals surface area contributed by atoms with Crippen LogP contribution in [0.2, 0.25) is 0 Å². The highest BCUT2D eigenvalue weighted by Crippen LogP contribution is 2.26. The third-order valence-electron chi connectivity index (χ3n) is 6.08. The van der Waals surface area contributed by atoms with Gasteiger partial charge in [-0.15, -0.1) is 0 Å². The lowest BCUT2D eigenvalue weighted by Gasteiger charge is -2.21. The minimum absolute atomic E-state index is 0.155. The molecule has 2 aliphatic rings. The summed E-state index contributed by atoms with van der Waals surface area (Å²) in [6.45, 7) is 9.59. The van der Waals surface area contributed by atoms with Gasteiger partial charge in [0.05, 0.1) is 0 Å². The third kappa shape index (κ3) is 3.81. The number of amides is 1. The summed E-state index contributed by atoms with van der Waals surface area (Å²) < 4.78 is 6.22. The monoisotopic (exact) mass is 366 g/mol. The van der Waals surface area contributed by atoms with E-state index in [0.29, 0.717) is 12.1 Å². The number of carbonyl (C=O) groups is 1. The minimum Gasteiger partial charge on any atom is -0.489 e. The van der Waals surface area contributed by atoms with Crippen molar-refractivity contribution in [2.24, 2.45) is 0 Å². The van der Waals surface area contributed by atoms with Crippen LogP contribution in [0, 0.1) is 0 Å². The first kappa shape index (κ1) is 18.3. The highest BCUT2D eigenvalue weighted by molar-refractivity contribution is 5.99. The van der Waals surface area contributed by atoms with Gasteiger partial charge in [-0.2, -0.15) is 0 Å². The Bertz CT molecular complexity index is 832. The molecule has 0 spiro atoms. The summed E-state index contributed by atoms with van der Waals surface area (Å²) in [6, 6.07) is 13.1. The molecule has 0 N–H and O–H groups in total. The van der Waals surface area contributed by atoms with Gasteiger partial charge < -0.3 is 9.64 Å². The molecule has 2 saturated heterocycles. The largest absolute Gasteiger partial charge is 0.489 e. The number of hydrogen-bond acceptors (Lipinski definition) is 3. The molecule has 2 atom stereocenters. The minimum atomic E-state index is 0.155. The Morgan fingerprint density at radius 3 is 2.56 bits per heavy atom. The van der Waals surface area contributed by atoms with Crippen LogP contribution in [0.3, 0.4) is 0 Å². The molecular weight excluding hydrogens is 336 g/mol. The topological polar surface area (TPSA) is 32.8 Å². The first-order valence-corrected chi connectivity index (χ1v) is 10.3. The summed E-state index contributed by atoms with van der Waals surface area (Å²) in [5.41, 5.74) is 0.785. The van der Waals surface area contributed by atoms with E-state index in [2.05, 4.69) is 37.8 Å². The van der Waals surface area contributed by atoms with Crippen molar-refractivity contribution in [1.29, 1.82) is 0 Å². The van der Waals surface area contributed by atoms with Crippen molar-refractivity contribution in [2.75, 3.05) is 19.6 Å². The summed E-state index contributed by atoms with van der Waals surface area (Å²) in [5.74, 6) is 1.08. The van der Waals surface area contributed by atoms with Gasteiger partial charge in [0.1, 0.15) is 11.9 Å². The molecule has 0 radical (unpaired) electrons. The normalized spacial score (nSPS) is 23.5. The summed E-state index contributed by atoms with van der Waals surface area (Å²) in [5, 5.41) is 2.22. The molecule has 2 fully saturated rings. The fourth-order valence-electron chi connectivity index (χ4n) is 4.34. The second kappa shape index (κ2) is 7.51. The van der Waals surface area contributed by atoms with E-state index in [9.17, 15) is 4.79 Å². The van der Waals surface area contributed by atoms with Crippen molar-refractivity contribution < 1.29 is 9.53 Å². The predicted molar refractivity (Wildman–Crippen MR) is 109 cm³/mol. The number of nitrogens with zero attached hydrogens (tertiary/aromatic N) is 2. The molecule has 2 aromatic carbocycles. The van der Waals surface area contributed by atoms with Crippen LogP contribution in [0.15, 0.2) is 36.4 Å². The highest BCUT2D eigenvalue weighted by Gasteiger charge is 2.27. The van der Waals surface area contributed by atoms with Gasteiger partial charge in [0.15, 0.2) is 0 Å². The van der Waals surface area contributed by atoms with Crippen LogP contribution in [0.25, 0.3) is 10.8 Å². The van der Waals surface area contributed by atoms with Gasteiger partial charge in [0, 0.05) is 37.3 Å². The van der Waals surface area contributed by atoms with Gasteiger partial charge in [-0.3, -0.25) is 9.69 Å². The second-order valence-electron chi connectivity index (χ2n) is 8.33. The molecule has 0 aliphatic carbocycles. The molecule has 1 amide bonds.